The van der Waals surface area contributed by atoms with E-state index < -0.39 is 0 Å². The predicted octanol–water partition coefficient (Wildman–Crippen LogP) is 4.09. The second-order valence-electron chi connectivity index (χ2n) is 3.59. The Morgan fingerprint density at radius 1 is 1.31 bits per heavy atom. The van der Waals surface area contributed by atoms with Crippen LogP contribution in [0.2, 0.25) is 0 Å². The Morgan fingerprint density at radius 2 is 2.12 bits per heavy atom. The molecule has 0 radical (unpaired) electrons. The fourth-order valence-corrected chi connectivity index (χ4v) is 4.07. The Labute approximate surface area is 113 Å². The minimum Gasteiger partial charge on any atom is -0.176 e. The van der Waals surface area contributed by atoms with Crippen LogP contribution in [0.1, 0.15) is 12.8 Å². The summed E-state index contributed by atoms with van der Waals surface area (Å²) in [6, 6.07) is 8.67. The molecule has 0 unspecified atom stereocenters. The molecular weight excluding hydrogens is 302 g/mol. The number of halogens is 1. The lowest BCUT2D eigenvalue weighted by Gasteiger charge is -1.96. The van der Waals surface area contributed by atoms with Gasteiger partial charge in [0, 0.05) is 17.8 Å². The maximum atomic E-state index is 3.49. The molecule has 0 saturated carbocycles. The summed E-state index contributed by atoms with van der Waals surface area (Å²) in [5.41, 5.74) is 1.38. The Hall–Kier alpha value is -0.0600. The molecule has 0 aliphatic heterocycles. The van der Waals surface area contributed by atoms with E-state index in [1.165, 1.54) is 27.4 Å². The predicted molar refractivity (Wildman–Crippen MR) is 76.8 cm³/mol. The van der Waals surface area contributed by atoms with Crippen LogP contribution in [0, 0.1) is 0 Å². The monoisotopic (exact) mass is 316 g/mol. The molecule has 0 atom stereocenters. The van der Waals surface area contributed by atoms with E-state index in [0.717, 1.165) is 11.9 Å². The number of thiazole rings is 1. The van der Waals surface area contributed by atoms with Crippen molar-refractivity contribution in [1.29, 1.82) is 0 Å². The van der Waals surface area contributed by atoms with Gasteiger partial charge in [0.25, 0.3) is 4.34 Å². The summed E-state index contributed by atoms with van der Waals surface area (Å²) in [7, 11) is 0. The van der Waals surface area contributed by atoms with Gasteiger partial charge in [-0.1, -0.05) is 39.4 Å². The molecule has 0 bridgehead atoms. The second kappa shape index (κ2) is 6.03. The van der Waals surface area contributed by atoms with Crippen LogP contribution in [-0.2, 0) is 6.54 Å². The lowest BCUT2D eigenvalue weighted by Crippen LogP contribution is -2.34. The van der Waals surface area contributed by atoms with Gasteiger partial charge in [-0.25, -0.2) is 0 Å². The van der Waals surface area contributed by atoms with Crippen LogP contribution in [0.3, 0.4) is 0 Å². The zero-order chi connectivity index (χ0) is 11.4. The van der Waals surface area contributed by atoms with Gasteiger partial charge in [-0.15, -0.1) is 0 Å². The highest BCUT2D eigenvalue weighted by Crippen LogP contribution is 2.26. The van der Waals surface area contributed by atoms with Crippen LogP contribution in [0.25, 0.3) is 10.2 Å². The molecule has 0 spiro atoms. The first-order valence-corrected chi connectivity index (χ1v) is 8.54. The van der Waals surface area contributed by atoms with Crippen LogP contribution < -0.4 is 4.57 Å². The zero-order valence-corrected chi connectivity index (χ0v) is 12.5. The molecule has 16 heavy (non-hydrogen) atoms. The van der Waals surface area contributed by atoms with Gasteiger partial charge in [-0.2, -0.15) is 4.57 Å². The molecule has 1 nitrogen and oxygen atoms in total. The van der Waals surface area contributed by atoms with Crippen molar-refractivity contribution in [2.75, 3.05) is 11.6 Å². The van der Waals surface area contributed by atoms with E-state index in [1.807, 2.05) is 23.1 Å². The van der Waals surface area contributed by atoms with Crippen molar-refractivity contribution in [3.63, 3.8) is 0 Å². The van der Waals surface area contributed by atoms with Gasteiger partial charge in [0.1, 0.15) is 4.70 Å². The number of hydrogen-bond acceptors (Lipinski definition) is 2. The molecule has 86 valence electrons. The second-order valence-corrected chi connectivity index (χ2v) is 6.46. The summed E-state index contributed by atoms with van der Waals surface area (Å²) in [5, 5.41) is 1.10. The van der Waals surface area contributed by atoms with E-state index in [9.17, 15) is 0 Å². The van der Waals surface area contributed by atoms with Gasteiger partial charge in [-0.3, -0.25) is 0 Å². The maximum absolute atomic E-state index is 3.49. The highest BCUT2D eigenvalue weighted by atomic mass is 79.9. The molecule has 0 aliphatic carbocycles. The van der Waals surface area contributed by atoms with Crippen molar-refractivity contribution < 1.29 is 4.57 Å². The number of unbranched alkanes of at least 4 members (excludes halogenated alkanes) is 1. The number of rotatable bonds is 5. The topological polar surface area (TPSA) is 3.88 Å². The number of alkyl halides is 1. The lowest BCUT2D eigenvalue weighted by molar-refractivity contribution is -0.702. The smallest absolute Gasteiger partial charge is 0.176 e. The van der Waals surface area contributed by atoms with Crippen molar-refractivity contribution in [3.8, 4) is 0 Å². The number of para-hydroxylation sites is 1. The molecule has 0 fully saturated rings. The number of benzene rings is 1. The molecule has 4 heteroatoms. The van der Waals surface area contributed by atoms with Crippen LogP contribution in [0.15, 0.2) is 28.6 Å². The van der Waals surface area contributed by atoms with Crippen LogP contribution >= 0.6 is 39.0 Å². The van der Waals surface area contributed by atoms with Gasteiger partial charge < -0.3 is 0 Å². The van der Waals surface area contributed by atoms with Gasteiger partial charge in [0.05, 0.1) is 0 Å². The van der Waals surface area contributed by atoms with Crippen molar-refractivity contribution in [3.05, 3.63) is 24.3 Å². The maximum Gasteiger partial charge on any atom is 0.298 e. The fourth-order valence-electron chi connectivity index (χ4n) is 1.74. The Kier molecular flexibility index (Phi) is 4.67. The van der Waals surface area contributed by atoms with Gasteiger partial charge in [-0.05, 0) is 30.5 Å². The van der Waals surface area contributed by atoms with Gasteiger partial charge in [0.2, 0.25) is 5.52 Å². The van der Waals surface area contributed by atoms with E-state index in [2.05, 4.69) is 51.0 Å². The first-order valence-electron chi connectivity index (χ1n) is 5.38. The number of aryl methyl sites for hydroxylation is 1. The summed E-state index contributed by atoms with van der Waals surface area (Å²) in [5.74, 6) is 0. The zero-order valence-electron chi connectivity index (χ0n) is 9.28. The largest absolute Gasteiger partial charge is 0.298 e. The van der Waals surface area contributed by atoms with E-state index in [4.69, 9.17) is 0 Å². The standard InChI is InChI=1S/C12H15BrNS2/c1-15-12-14(9-5-4-8-13)10-6-2-3-7-11(10)16-12/h2-3,6-7H,4-5,8-9H2,1H3/q+1. The Balaban J connectivity index is 2.32. The summed E-state index contributed by atoms with van der Waals surface area (Å²) in [6.07, 6.45) is 4.64. The summed E-state index contributed by atoms with van der Waals surface area (Å²) < 4.78 is 5.26. The summed E-state index contributed by atoms with van der Waals surface area (Å²) in [4.78, 5) is 0. The van der Waals surface area contributed by atoms with E-state index in [1.54, 1.807) is 0 Å². The molecule has 0 N–H and O–H groups in total. The van der Waals surface area contributed by atoms with Crippen molar-refractivity contribution >= 4 is 49.2 Å². The average molecular weight is 317 g/mol. The highest BCUT2D eigenvalue weighted by Gasteiger charge is 2.18. The minimum atomic E-state index is 1.10. The SMILES string of the molecule is CSc1sc2ccccc2[n+]1CCCCBr. The van der Waals surface area contributed by atoms with Crippen LogP contribution in [0.4, 0.5) is 0 Å². The first kappa shape index (κ1) is 12.4. The van der Waals surface area contributed by atoms with Gasteiger partial charge in [0.15, 0.2) is 6.54 Å². The first-order chi connectivity index (χ1) is 7.86. The molecule has 1 aromatic carbocycles. The number of fused-ring (bicyclic) bond motifs is 1. The molecule has 1 heterocycles. The van der Waals surface area contributed by atoms with Crippen molar-refractivity contribution in [1.82, 2.24) is 0 Å². The Bertz CT molecular complexity index is 467. The summed E-state index contributed by atoms with van der Waals surface area (Å²) in [6.45, 7) is 1.13. The highest BCUT2D eigenvalue weighted by molar-refractivity contribution is 9.09. The number of nitrogens with zero attached hydrogens (tertiary/aromatic N) is 1. The number of aromatic nitrogens is 1. The molecule has 0 aliphatic rings. The van der Waals surface area contributed by atoms with Gasteiger partial charge >= 0.3 is 0 Å². The van der Waals surface area contributed by atoms with E-state index in [-0.39, 0.29) is 0 Å². The molecular formula is C12H15BrNS2+. The van der Waals surface area contributed by atoms with Crippen molar-refractivity contribution in [2.45, 2.75) is 23.7 Å². The van der Waals surface area contributed by atoms with E-state index in [0.29, 0.717) is 0 Å². The third-order valence-electron chi connectivity index (χ3n) is 2.51. The lowest BCUT2D eigenvalue weighted by atomic mass is 10.3. The molecule has 0 saturated heterocycles. The minimum absolute atomic E-state index is 1.10. The molecule has 1 aromatic heterocycles. The van der Waals surface area contributed by atoms with Crippen LogP contribution in [-0.4, -0.2) is 11.6 Å². The van der Waals surface area contributed by atoms with Crippen LogP contribution in [0.5, 0.6) is 0 Å². The normalized spacial score (nSPS) is 11.1. The molecule has 2 aromatic rings. The quantitative estimate of drug-likeness (QED) is 0.348. The fraction of sp³-hybridized carbons (Fsp3) is 0.417. The third kappa shape index (κ3) is 2.60. The van der Waals surface area contributed by atoms with Crippen molar-refractivity contribution in [2.24, 2.45) is 0 Å². The number of thioether (sulfide) groups is 1. The third-order valence-corrected chi connectivity index (χ3v) is 5.35. The van der Waals surface area contributed by atoms with E-state index >= 15 is 0 Å². The average Bonchev–Trinajstić information content (AvgIpc) is 2.68. The number of hydrogen-bond donors (Lipinski definition) is 0. The molecule has 2 rings (SSSR count). The Morgan fingerprint density at radius 3 is 2.88 bits per heavy atom. The summed E-state index contributed by atoms with van der Waals surface area (Å²) >= 11 is 7.23. The molecule has 0 amide bonds.